The molecule has 0 aliphatic carbocycles. The fourth-order valence-corrected chi connectivity index (χ4v) is 3.07. The Balaban J connectivity index is 1.91. The molecule has 1 N–H and O–H groups in total. The zero-order valence-corrected chi connectivity index (χ0v) is 12.3. The molecule has 2 aromatic rings. The Morgan fingerprint density at radius 1 is 1.45 bits per heavy atom. The first kappa shape index (κ1) is 13.4. The molecule has 2 aromatic heterocycles. The molecule has 1 aliphatic rings. The second-order valence-electron chi connectivity index (χ2n) is 5.55. The van der Waals surface area contributed by atoms with E-state index in [1.807, 2.05) is 23.1 Å². The van der Waals surface area contributed by atoms with E-state index in [1.165, 1.54) is 17.2 Å². The van der Waals surface area contributed by atoms with Gasteiger partial charge in [0.2, 0.25) is 0 Å². The van der Waals surface area contributed by atoms with Crippen molar-refractivity contribution in [2.75, 3.05) is 6.54 Å². The van der Waals surface area contributed by atoms with Crippen LogP contribution in [0.2, 0.25) is 0 Å². The van der Waals surface area contributed by atoms with E-state index in [2.05, 4.69) is 28.8 Å². The molecule has 0 fully saturated rings. The Morgan fingerprint density at radius 3 is 3.10 bits per heavy atom. The number of aryl methyl sites for hydroxylation is 1. The van der Waals surface area contributed by atoms with Crippen molar-refractivity contribution in [1.82, 2.24) is 24.6 Å². The van der Waals surface area contributed by atoms with Gasteiger partial charge in [0.1, 0.15) is 5.82 Å². The Labute approximate surface area is 120 Å². The molecule has 0 bridgehead atoms. The topological polar surface area (TPSA) is 47.7 Å². The molecule has 3 heterocycles. The SMILES string of the molecule is CCCc1nc2c(n1C(C)Cn1cccn1)CCNC2. The highest BCUT2D eigenvalue weighted by Gasteiger charge is 2.22. The third-order valence-electron chi connectivity index (χ3n) is 3.92. The Morgan fingerprint density at radius 2 is 2.35 bits per heavy atom. The van der Waals surface area contributed by atoms with Gasteiger partial charge in [0.05, 0.1) is 18.3 Å². The summed E-state index contributed by atoms with van der Waals surface area (Å²) in [5.41, 5.74) is 2.67. The summed E-state index contributed by atoms with van der Waals surface area (Å²) in [6, 6.07) is 2.37. The molecule has 0 radical (unpaired) electrons. The summed E-state index contributed by atoms with van der Waals surface area (Å²) in [6.45, 7) is 7.35. The highest BCUT2D eigenvalue weighted by Crippen LogP contribution is 2.23. The molecule has 108 valence electrons. The van der Waals surface area contributed by atoms with Crippen molar-refractivity contribution in [3.8, 4) is 0 Å². The summed E-state index contributed by atoms with van der Waals surface area (Å²) >= 11 is 0. The van der Waals surface area contributed by atoms with Gasteiger partial charge in [-0.3, -0.25) is 4.68 Å². The summed E-state index contributed by atoms with van der Waals surface area (Å²) in [4.78, 5) is 4.86. The summed E-state index contributed by atoms with van der Waals surface area (Å²) in [5.74, 6) is 1.24. The van der Waals surface area contributed by atoms with Gasteiger partial charge >= 0.3 is 0 Å². The van der Waals surface area contributed by atoms with E-state index in [0.717, 1.165) is 38.9 Å². The van der Waals surface area contributed by atoms with Crippen LogP contribution in [-0.4, -0.2) is 25.9 Å². The highest BCUT2D eigenvalue weighted by atomic mass is 15.3. The summed E-state index contributed by atoms with van der Waals surface area (Å²) in [6.07, 6.45) is 7.14. The quantitative estimate of drug-likeness (QED) is 0.905. The minimum atomic E-state index is 0.394. The molecule has 5 nitrogen and oxygen atoms in total. The minimum Gasteiger partial charge on any atom is -0.327 e. The second kappa shape index (κ2) is 5.79. The smallest absolute Gasteiger partial charge is 0.109 e. The third-order valence-corrected chi connectivity index (χ3v) is 3.92. The average molecular weight is 273 g/mol. The molecule has 1 atom stereocenters. The van der Waals surface area contributed by atoms with Crippen LogP contribution < -0.4 is 5.32 Å². The van der Waals surface area contributed by atoms with Crippen molar-refractivity contribution >= 4 is 0 Å². The molecule has 0 saturated heterocycles. The molecule has 1 unspecified atom stereocenters. The van der Waals surface area contributed by atoms with Crippen LogP contribution in [0.5, 0.6) is 0 Å². The van der Waals surface area contributed by atoms with Gasteiger partial charge in [0.25, 0.3) is 0 Å². The largest absolute Gasteiger partial charge is 0.327 e. The van der Waals surface area contributed by atoms with Crippen molar-refractivity contribution in [3.63, 3.8) is 0 Å². The number of hydrogen-bond donors (Lipinski definition) is 1. The number of aromatic nitrogens is 4. The average Bonchev–Trinajstić information content (AvgIpc) is 3.05. The van der Waals surface area contributed by atoms with Gasteiger partial charge < -0.3 is 9.88 Å². The number of rotatable bonds is 5. The first-order chi connectivity index (χ1) is 9.79. The van der Waals surface area contributed by atoms with Crippen LogP contribution in [0.25, 0.3) is 0 Å². The standard InChI is InChI=1S/C15H23N5/c1-3-5-15-18-13-10-16-8-6-14(13)20(15)12(2)11-19-9-4-7-17-19/h4,7,9,12,16H,3,5-6,8,10-11H2,1-2H3. The Bertz CT molecular complexity index is 555. The van der Waals surface area contributed by atoms with Crippen molar-refractivity contribution in [3.05, 3.63) is 35.7 Å². The molecule has 0 aromatic carbocycles. The molecule has 5 heteroatoms. The first-order valence-corrected chi connectivity index (χ1v) is 7.56. The maximum atomic E-state index is 4.86. The molecule has 0 amide bonds. The van der Waals surface area contributed by atoms with Crippen molar-refractivity contribution in [2.45, 2.75) is 52.2 Å². The van der Waals surface area contributed by atoms with E-state index >= 15 is 0 Å². The van der Waals surface area contributed by atoms with E-state index in [1.54, 1.807) is 0 Å². The van der Waals surface area contributed by atoms with Gasteiger partial charge in [-0.2, -0.15) is 5.10 Å². The fraction of sp³-hybridized carbons (Fsp3) is 0.600. The zero-order valence-electron chi connectivity index (χ0n) is 12.3. The number of nitrogens with zero attached hydrogens (tertiary/aromatic N) is 4. The molecule has 3 rings (SSSR count). The van der Waals surface area contributed by atoms with Gasteiger partial charge in [0, 0.05) is 44.0 Å². The van der Waals surface area contributed by atoms with Crippen LogP contribution in [0.15, 0.2) is 18.5 Å². The van der Waals surface area contributed by atoms with Gasteiger partial charge in [-0.25, -0.2) is 4.98 Å². The van der Waals surface area contributed by atoms with Crippen LogP contribution >= 0.6 is 0 Å². The maximum absolute atomic E-state index is 4.86. The lowest BCUT2D eigenvalue weighted by Gasteiger charge is -2.22. The Kier molecular flexibility index (Phi) is 3.87. The van der Waals surface area contributed by atoms with Crippen LogP contribution in [0.1, 0.15) is 43.5 Å². The van der Waals surface area contributed by atoms with E-state index in [9.17, 15) is 0 Å². The molecule has 20 heavy (non-hydrogen) atoms. The third kappa shape index (κ3) is 2.50. The van der Waals surface area contributed by atoms with E-state index in [0.29, 0.717) is 6.04 Å². The lowest BCUT2D eigenvalue weighted by molar-refractivity contribution is 0.411. The minimum absolute atomic E-state index is 0.394. The normalized spacial score (nSPS) is 16.1. The number of nitrogens with one attached hydrogen (secondary N) is 1. The summed E-state index contributed by atoms with van der Waals surface area (Å²) < 4.78 is 4.47. The van der Waals surface area contributed by atoms with E-state index in [4.69, 9.17) is 4.98 Å². The lowest BCUT2D eigenvalue weighted by Crippen LogP contribution is -2.26. The van der Waals surface area contributed by atoms with Crippen LogP contribution in [0.4, 0.5) is 0 Å². The molecule has 0 saturated carbocycles. The lowest BCUT2D eigenvalue weighted by atomic mass is 10.1. The predicted molar refractivity (Wildman–Crippen MR) is 78.6 cm³/mol. The summed E-state index contributed by atoms with van der Waals surface area (Å²) in [5, 5.41) is 7.74. The van der Waals surface area contributed by atoms with E-state index in [-0.39, 0.29) is 0 Å². The molecule has 0 spiro atoms. The van der Waals surface area contributed by atoms with Gasteiger partial charge in [-0.05, 0) is 19.4 Å². The first-order valence-electron chi connectivity index (χ1n) is 7.56. The monoisotopic (exact) mass is 273 g/mol. The van der Waals surface area contributed by atoms with Gasteiger partial charge in [-0.1, -0.05) is 6.92 Å². The van der Waals surface area contributed by atoms with Crippen molar-refractivity contribution in [2.24, 2.45) is 0 Å². The van der Waals surface area contributed by atoms with Gasteiger partial charge in [0.15, 0.2) is 0 Å². The maximum Gasteiger partial charge on any atom is 0.109 e. The van der Waals surface area contributed by atoms with Crippen LogP contribution in [0.3, 0.4) is 0 Å². The van der Waals surface area contributed by atoms with Crippen molar-refractivity contribution in [1.29, 1.82) is 0 Å². The highest BCUT2D eigenvalue weighted by molar-refractivity contribution is 5.21. The van der Waals surface area contributed by atoms with Crippen LogP contribution in [-0.2, 0) is 25.9 Å². The Hall–Kier alpha value is -1.62. The molecular weight excluding hydrogens is 250 g/mol. The molecular formula is C15H23N5. The summed E-state index contributed by atoms with van der Waals surface area (Å²) in [7, 11) is 0. The van der Waals surface area contributed by atoms with Crippen molar-refractivity contribution < 1.29 is 0 Å². The second-order valence-corrected chi connectivity index (χ2v) is 5.55. The zero-order chi connectivity index (χ0) is 13.9. The predicted octanol–water partition coefficient (Wildman–Crippen LogP) is 1.94. The molecule has 1 aliphatic heterocycles. The van der Waals surface area contributed by atoms with E-state index < -0.39 is 0 Å². The number of fused-ring (bicyclic) bond motifs is 1. The van der Waals surface area contributed by atoms with Crippen LogP contribution in [0, 0.1) is 0 Å². The fourth-order valence-electron chi connectivity index (χ4n) is 3.07. The van der Waals surface area contributed by atoms with Gasteiger partial charge in [-0.15, -0.1) is 0 Å². The number of hydrogen-bond acceptors (Lipinski definition) is 3. The number of imidazole rings is 1.